The normalized spacial score (nSPS) is 20.6. The highest BCUT2D eigenvalue weighted by molar-refractivity contribution is 5.90. The minimum atomic E-state index is -0.472. The molecule has 0 saturated heterocycles. The van der Waals surface area contributed by atoms with Crippen LogP contribution in [0.3, 0.4) is 0 Å². The molecule has 2 rings (SSSR count). The Morgan fingerprint density at radius 3 is 2.50 bits per heavy atom. The topological polar surface area (TPSA) is 69.7 Å². The van der Waals surface area contributed by atoms with Crippen molar-refractivity contribution in [2.45, 2.75) is 25.9 Å². The van der Waals surface area contributed by atoms with Gasteiger partial charge in [0.25, 0.3) is 0 Å². The Hall–Kier alpha value is -2.43. The van der Waals surface area contributed by atoms with Gasteiger partial charge in [-0.15, -0.1) is 0 Å². The molecule has 116 valence electrons. The second-order valence-corrected chi connectivity index (χ2v) is 5.24. The van der Waals surface area contributed by atoms with Crippen molar-refractivity contribution in [3.05, 3.63) is 41.0 Å². The van der Waals surface area contributed by atoms with Gasteiger partial charge in [0.15, 0.2) is 0 Å². The molecule has 0 aliphatic heterocycles. The second-order valence-electron chi connectivity index (χ2n) is 5.24. The van der Waals surface area contributed by atoms with Crippen LogP contribution in [0.5, 0.6) is 5.75 Å². The number of hydrogen-bond donors (Lipinski definition) is 0. The van der Waals surface area contributed by atoms with Crippen molar-refractivity contribution >= 4 is 18.5 Å². The molecule has 0 amide bonds. The van der Waals surface area contributed by atoms with Gasteiger partial charge in [0.2, 0.25) is 0 Å². The number of benzene rings is 1. The largest absolute Gasteiger partial charge is 0.497 e. The first-order chi connectivity index (χ1) is 10.6. The molecular formula is C17H18O5. The van der Waals surface area contributed by atoms with Crippen molar-refractivity contribution in [3.8, 4) is 5.75 Å². The van der Waals surface area contributed by atoms with E-state index in [1.807, 2.05) is 6.92 Å². The average molecular weight is 302 g/mol. The van der Waals surface area contributed by atoms with E-state index in [0.29, 0.717) is 23.3 Å². The monoisotopic (exact) mass is 302 g/mol. The van der Waals surface area contributed by atoms with Crippen molar-refractivity contribution in [1.29, 1.82) is 0 Å². The van der Waals surface area contributed by atoms with Gasteiger partial charge >= 0.3 is 5.97 Å². The van der Waals surface area contributed by atoms with Gasteiger partial charge in [-0.2, -0.15) is 0 Å². The molecule has 2 atom stereocenters. The molecule has 0 spiro atoms. The molecule has 1 aromatic carbocycles. The van der Waals surface area contributed by atoms with Crippen LogP contribution in [-0.4, -0.2) is 31.8 Å². The standard InChI is InChI=1S/C17H18O5/c1-11-9-16(14(7-8-18)15(11)10-19)22-17(20)12-3-5-13(21-2)6-4-12/h3-6,8,10,14,16H,7,9H2,1-2H3/t14-,16+/m1/s1. The summed E-state index contributed by atoms with van der Waals surface area (Å²) >= 11 is 0. The Bertz CT molecular complexity index is 600. The molecule has 0 aromatic heterocycles. The van der Waals surface area contributed by atoms with E-state index in [-0.39, 0.29) is 12.3 Å². The summed E-state index contributed by atoms with van der Waals surface area (Å²) in [5.74, 6) is -0.169. The fourth-order valence-corrected chi connectivity index (χ4v) is 2.71. The lowest BCUT2D eigenvalue weighted by Gasteiger charge is -2.19. The maximum atomic E-state index is 12.2. The molecule has 0 saturated carbocycles. The van der Waals surface area contributed by atoms with Crippen LogP contribution in [0.2, 0.25) is 0 Å². The predicted molar refractivity (Wildman–Crippen MR) is 79.7 cm³/mol. The van der Waals surface area contributed by atoms with Crippen LogP contribution < -0.4 is 4.74 Å². The van der Waals surface area contributed by atoms with Crippen LogP contribution in [0.1, 0.15) is 30.1 Å². The Labute approximate surface area is 128 Å². The summed E-state index contributed by atoms with van der Waals surface area (Å²) in [5, 5.41) is 0. The quantitative estimate of drug-likeness (QED) is 0.596. The van der Waals surface area contributed by atoms with Crippen LogP contribution in [0.25, 0.3) is 0 Å². The molecule has 0 fully saturated rings. The third kappa shape index (κ3) is 3.24. The minimum absolute atomic E-state index is 0.173. The SMILES string of the molecule is COc1ccc(C(=O)O[C@H]2CC(C)=C(C=O)[C@H]2CC=O)cc1. The highest BCUT2D eigenvalue weighted by Gasteiger charge is 2.35. The second kappa shape index (κ2) is 7.02. The van der Waals surface area contributed by atoms with Crippen LogP contribution >= 0.6 is 0 Å². The highest BCUT2D eigenvalue weighted by Crippen LogP contribution is 2.35. The summed E-state index contributed by atoms with van der Waals surface area (Å²) in [5.41, 5.74) is 1.84. The van der Waals surface area contributed by atoms with Crippen LogP contribution in [0.15, 0.2) is 35.4 Å². The number of carbonyl (C=O) groups is 3. The first-order valence-electron chi connectivity index (χ1n) is 7.04. The summed E-state index contributed by atoms with van der Waals surface area (Å²) < 4.78 is 10.5. The van der Waals surface area contributed by atoms with Gasteiger partial charge in [-0.1, -0.05) is 5.57 Å². The van der Waals surface area contributed by atoms with Gasteiger partial charge in [-0.25, -0.2) is 4.79 Å². The molecule has 5 heteroatoms. The van der Waals surface area contributed by atoms with Gasteiger partial charge in [0.1, 0.15) is 24.4 Å². The third-order valence-corrected chi connectivity index (χ3v) is 3.91. The van der Waals surface area contributed by atoms with Gasteiger partial charge in [-0.05, 0) is 36.8 Å². The smallest absolute Gasteiger partial charge is 0.338 e. The maximum Gasteiger partial charge on any atom is 0.338 e. The molecule has 0 heterocycles. The Morgan fingerprint density at radius 2 is 1.95 bits per heavy atom. The first-order valence-corrected chi connectivity index (χ1v) is 7.04. The Balaban J connectivity index is 2.10. The lowest BCUT2D eigenvalue weighted by Crippen LogP contribution is -2.25. The van der Waals surface area contributed by atoms with Crippen LogP contribution in [0.4, 0.5) is 0 Å². The molecular weight excluding hydrogens is 284 g/mol. The molecule has 1 aliphatic carbocycles. The summed E-state index contributed by atoms with van der Waals surface area (Å²) in [6.45, 7) is 1.82. The van der Waals surface area contributed by atoms with E-state index in [1.54, 1.807) is 31.4 Å². The summed E-state index contributed by atoms with van der Waals surface area (Å²) in [6.07, 6.45) is 1.69. The van der Waals surface area contributed by atoms with E-state index >= 15 is 0 Å². The molecule has 1 aromatic rings. The van der Waals surface area contributed by atoms with E-state index in [9.17, 15) is 14.4 Å². The Kier molecular flexibility index (Phi) is 5.09. The summed E-state index contributed by atoms with van der Waals surface area (Å²) in [7, 11) is 1.55. The van der Waals surface area contributed by atoms with E-state index in [2.05, 4.69) is 0 Å². The minimum Gasteiger partial charge on any atom is -0.497 e. The maximum absolute atomic E-state index is 12.2. The van der Waals surface area contributed by atoms with E-state index in [0.717, 1.165) is 18.1 Å². The summed E-state index contributed by atoms with van der Waals surface area (Å²) in [4.78, 5) is 34.1. The zero-order valence-electron chi connectivity index (χ0n) is 12.6. The predicted octanol–water partition coefficient (Wildman–Crippen LogP) is 2.34. The van der Waals surface area contributed by atoms with Gasteiger partial charge in [-0.3, -0.25) is 4.79 Å². The zero-order chi connectivity index (χ0) is 16.1. The van der Waals surface area contributed by atoms with Crippen molar-refractivity contribution in [2.75, 3.05) is 7.11 Å². The first kappa shape index (κ1) is 15.9. The molecule has 0 unspecified atom stereocenters. The molecule has 0 radical (unpaired) electrons. The van der Waals surface area contributed by atoms with E-state index < -0.39 is 12.1 Å². The fraction of sp³-hybridized carbons (Fsp3) is 0.353. The van der Waals surface area contributed by atoms with E-state index in [4.69, 9.17) is 9.47 Å². The van der Waals surface area contributed by atoms with Crippen molar-refractivity contribution in [1.82, 2.24) is 0 Å². The fourth-order valence-electron chi connectivity index (χ4n) is 2.71. The lowest BCUT2D eigenvalue weighted by atomic mass is 9.96. The number of aldehydes is 2. The lowest BCUT2D eigenvalue weighted by molar-refractivity contribution is -0.109. The molecule has 0 N–H and O–H groups in total. The van der Waals surface area contributed by atoms with Crippen molar-refractivity contribution in [3.63, 3.8) is 0 Å². The Morgan fingerprint density at radius 1 is 1.27 bits per heavy atom. The zero-order valence-corrected chi connectivity index (χ0v) is 12.6. The van der Waals surface area contributed by atoms with Crippen molar-refractivity contribution in [2.24, 2.45) is 5.92 Å². The molecule has 22 heavy (non-hydrogen) atoms. The van der Waals surface area contributed by atoms with Gasteiger partial charge in [0, 0.05) is 18.8 Å². The van der Waals surface area contributed by atoms with Gasteiger partial charge < -0.3 is 14.3 Å². The number of carbonyl (C=O) groups excluding carboxylic acids is 3. The molecule has 0 bridgehead atoms. The molecule has 1 aliphatic rings. The number of ether oxygens (including phenoxy) is 2. The van der Waals surface area contributed by atoms with Crippen LogP contribution in [0, 0.1) is 5.92 Å². The van der Waals surface area contributed by atoms with Crippen molar-refractivity contribution < 1.29 is 23.9 Å². The number of hydrogen-bond acceptors (Lipinski definition) is 5. The highest BCUT2D eigenvalue weighted by atomic mass is 16.5. The summed E-state index contributed by atoms with van der Waals surface area (Å²) in [6, 6.07) is 6.58. The average Bonchev–Trinajstić information content (AvgIpc) is 2.82. The van der Waals surface area contributed by atoms with Gasteiger partial charge in [0.05, 0.1) is 12.7 Å². The molecule has 5 nitrogen and oxygen atoms in total. The van der Waals surface area contributed by atoms with E-state index in [1.165, 1.54) is 0 Å². The van der Waals surface area contributed by atoms with Crippen LogP contribution in [-0.2, 0) is 14.3 Å². The number of esters is 1. The third-order valence-electron chi connectivity index (χ3n) is 3.91. The number of rotatable bonds is 6. The number of methoxy groups -OCH3 is 1.